The van der Waals surface area contributed by atoms with E-state index in [1.54, 1.807) is 0 Å². The topological polar surface area (TPSA) is 26.3 Å². The van der Waals surface area contributed by atoms with Crippen LogP contribution in [0, 0.1) is 0 Å². The number of halogens is 5. The molecule has 0 spiro atoms. The van der Waals surface area contributed by atoms with Gasteiger partial charge in [-0.05, 0) is 12.1 Å². The maximum absolute atomic E-state index is 14.0. The molecule has 94 valence electrons. The van der Waals surface area contributed by atoms with Crippen LogP contribution < -0.4 is 0 Å². The predicted octanol–water partition coefficient (Wildman–Crippen LogP) is 3.35. The Morgan fingerprint density at radius 3 is 2.29 bits per heavy atom. The van der Waals surface area contributed by atoms with Crippen LogP contribution in [0.3, 0.4) is 0 Å². The fourth-order valence-corrected chi connectivity index (χ4v) is 1.64. The quantitative estimate of drug-likeness (QED) is 0.618. The third kappa shape index (κ3) is 2.43. The summed E-state index contributed by atoms with van der Waals surface area (Å²) in [6.45, 7) is 0. The van der Waals surface area contributed by atoms with Gasteiger partial charge < -0.3 is 4.74 Å². The normalized spacial score (nSPS) is 15.2. The van der Waals surface area contributed by atoms with Gasteiger partial charge in [-0.2, -0.15) is 13.2 Å². The molecule has 0 radical (unpaired) electrons. The summed E-state index contributed by atoms with van der Waals surface area (Å²) in [5.41, 5.74) is -4.99. The molecule has 1 rings (SSSR count). The number of alkyl halides is 4. The van der Waals surface area contributed by atoms with E-state index in [9.17, 15) is 22.4 Å². The molecular weight excluding hydrogens is 308 g/mol. The summed E-state index contributed by atoms with van der Waals surface area (Å²) in [6.07, 6.45) is -5.39. The lowest BCUT2D eigenvalue weighted by Crippen LogP contribution is -2.46. The van der Waals surface area contributed by atoms with Gasteiger partial charge in [-0.15, -0.1) is 0 Å². The molecule has 0 saturated carbocycles. The Balaban J connectivity index is 3.40. The Bertz CT molecular complexity index is 433. The second kappa shape index (κ2) is 4.64. The summed E-state index contributed by atoms with van der Waals surface area (Å²) < 4.78 is 56.1. The molecule has 0 unspecified atom stereocenters. The van der Waals surface area contributed by atoms with Crippen LogP contribution in [0.5, 0.6) is 0 Å². The minimum atomic E-state index is -5.39. The summed E-state index contributed by atoms with van der Waals surface area (Å²) in [7, 11) is 0.695. The van der Waals surface area contributed by atoms with E-state index in [0.29, 0.717) is 7.11 Å². The molecule has 17 heavy (non-hydrogen) atoms. The highest BCUT2D eigenvalue weighted by Gasteiger charge is 2.64. The number of esters is 1. The van der Waals surface area contributed by atoms with Gasteiger partial charge in [0.2, 0.25) is 0 Å². The molecule has 7 heteroatoms. The zero-order chi connectivity index (χ0) is 13.3. The van der Waals surface area contributed by atoms with E-state index in [4.69, 9.17) is 0 Å². The minimum absolute atomic E-state index is 0.227. The Labute approximate surface area is 103 Å². The van der Waals surface area contributed by atoms with Crippen molar-refractivity contribution >= 4 is 21.9 Å². The molecule has 0 aliphatic rings. The number of ether oxygens (including phenoxy) is 1. The summed E-state index contributed by atoms with van der Waals surface area (Å²) in [4.78, 5) is 11.1. The van der Waals surface area contributed by atoms with Crippen LogP contribution >= 0.6 is 15.9 Å². The lowest BCUT2D eigenvalue weighted by Gasteiger charge is -2.25. The summed E-state index contributed by atoms with van der Waals surface area (Å²) in [5, 5.41) is 0. The number of hydrogen-bond donors (Lipinski definition) is 0. The number of methoxy groups -OCH3 is 1. The van der Waals surface area contributed by atoms with E-state index < -0.39 is 23.4 Å². The number of benzene rings is 1. The summed E-state index contributed by atoms with van der Waals surface area (Å²) in [5.74, 6) is -2.00. The van der Waals surface area contributed by atoms with Gasteiger partial charge in [-0.25, -0.2) is 9.18 Å². The van der Waals surface area contributed by atoms with E-state index in [1.165, 1.54) is 12.1 Å². The minimum Gasteiger partial charge on any atom is -0.466 e. The van der Waals surface area contributed by atoms with E-state index >= 15 is 0 Å². The molecule has 1 aromatic carbocycles. The van der Waals surface area contributed by atoms with Gasteiger partial charge in [0, 0.05) is 10.0 Å². The first-order chi connectivity index (χ1) is 7.73. The van der Waals surface area contributed by atoms with Crippen LogP contribution in [-0.2, 0) is 15.2 Å². The van der Waals surface area contributed by atoms with Crippen molar-refractivity contribution in [1.82, 2.24) is 0 Å². The molecule has 0 heterocycles. The first-order valence-electron chi connectivity index (χ1n) is 4.33. The zero-order valence-electron chi connectivity index (χ0n) is 8.52. The molecule has 0 aliphatic heterocycles. The molecule has 1 atom stereocenters. The van der Waals surface area contributed by atoms with Crippen LogP contribution in [0.15, 0.2) is 28.7 Å². The van der Waals surface area contributed by atoms with Gasteiger partial charge in [0.25, 0.3) is 0 Å². The van der Waals surface area contributed by atoms with Gasteiger partial charge in [0.1, 0.15) is 0 Å². The van der Waals surface area contributed by atoms with Crippen LogP contribution in [-0.4, -0.2) is 19.3 Å². The summed E-state index contributed by atoms with van der Waals surface area (Å²) in [6, 6.07) is 4.36. The smallest absolute Gasteiger partial charge is 0.437 e. The van der Waals surface area contributed by atoms with Crippen molar-refractivity contribution in [3.8, 4) is 0 Å². The molecule has 1 aromatic rings. The van der Waals surface area contributed by atoms with E-state index in [0.717, 1.165) is 12.1 Å². The molecule has 2 nitrogen and oxygen atoms in total. The predicted molar refractivity (Wildman–Crippen MR) is 55.0 cm³/mol. The monoisotopic (exact) mass is 314 g/mol. The second-order valence-corrected chi connectivity index (χ2v) is 4.07. The SMILES string of the molecule is COC(=O)[C@@](F)(c1cccc(Br)c1)C(F)(F)F. The number of carbonyl (C=O) groups is 1. The van der Waals surface area contributed by atoms with Crippen molar-refractivity contribution in [2.75, 3.05) is 7.11 Å². The van der Waals surface area contributed by atoms with Crippen molar-refractivity contribution in [2.45, 2.75) is 11.8 Å². The van der Waals surface area contributed by atoms with Gasteiger partial charge in [0.15, 0.2) is 0 Å². The van der Waals surface area contributed by atoms with Gasteiger partial charge >= 0.3 is 17.8 Å². The average Bonchev–Trinajstić information content (AvgIpc) is 2.25. The molecular formula is C10H7BrF4O2. The Kier molecular flexibility index (Phi) is 3.81. The number of rotatable bonds is 2. The van der Waals surface area contributed by atoms with Crippen LogP contribution in [0.1, 0.15) is 5.56 Å². The van der Waals surface area contributed by atoms with E-state index in [-0.39, 0.29) is 4.47 Å². The third-order valence-electron chi connectivity index (χ3n) is 2.08. The highest BCUT2D eigenvalue weighted by molar-refractivity contribution is 9.10. The lowest BCUT2D eigenvalue weighted by molar-refractivity contribution is -0.242. The first kappa shape index (κ1) is 14.0. The van der Waals surface area contributed by atoms with E-state index in [2.05, 4.69) is 20.7 Å². The number of carbonyl (C=O) groups excluding carboxylic acids is 1. The number of hydrogen-bond acceptors (Lipinski definition) is 2. The fourth-order valence-electron chi connectivity index (χ4n) is 1.24. The van der Waals surface area contributed by atoms with Crippen LogP contribution in [0.4, 0.5) is 17.6 Å². The standard InChI is InChI=1S/C10H7BrF4O2/c1-17-8(16)9(12,10(13,14)15)6-3-2-4-7(11)5-6/h2-5H,1H3/t9-/m0/s1. The second-order valence-electron chi connectivity index (χ2n) is 3.16. The van der Waals surface area contributed by atoms with Crippen LogP contribution in [0.2, 0.25) is 0 Å². The van der Waals surface area contributed by atoms with Crippen LogP contribution in [0.25, 0.3) is 0 Å². The average molecular weight is 315 g/mol. The van der Waals surface area contributed by atoms with Crippen molar-refractivity contribution < 1.29 is 27.1 Å². The Hall–Kier alpha value is -1.11. The van der Waals surface area contributed by atoms with Crippen molar-refractivity contribution in [1.29, 1.82) is 0 Å². The Morgan fingerprint density at radius 2 is 1.88 bits per heavy atom. The molecule has 0 bridgehead atoms. The van der Waals surface area contributed by atoms with Gasteiger partial charge in [0.05, 0.1) is 7.11 Å². The van der Waals surface area contributed by atoms with Gasteiger partial charge in [-0.1, -0.05) is 28.1 Å². The molecule has 0 aromatic heterocycles. The largest absolute Gasteiger partial charge is 0.466 e. The maximum atomic E-state index is 14.0. The molecule has 0 aliphatic carbocycles. The zero-order valence-corrected chi connectivity index (χ0v) is 10.1. The molecule has 0 N–H and O–H groups in total. The van der Waals surface area contributed by atoms with E-state index in [1.807, 2.05) is 0 Å². The Morgan fingerprint density at radius 1 is 1.29 bits per heavy atom. The summed E-state index contributed by atoms with van der Waals surface area (Å²) >= 11 is 2.91. The van der Waals surface area contributed by atoms with Gasteiger partial charge in [-0.3, -0.25) is 0 Å². The lowest BCUT2D eigenvalue weighted by atomic mass is 9.95. The molecule has 0 saturated heterocycles. The molecule has 0 fully saturated rings. The highest BCUT2D eigenvalue weighted by Crippen LogP contribution is 2.44. The molecule has 0 amide bonds. The van der Waals surface area contributed by atoms with Crippen molar-refractivity contribution in [3.63, 3.8) is 0 Å². The third-order valence-corrected chi connectivity index (χ3v) is 2.57. The first-order valence-corrected chi connectivity index (χ1v) is 5.13. The fraction of sp³-hybridized carbons (Fsp3) is 0.300. The highest BCUT2D eigenvalue weighted by atomic mass is 79.9. The maximum Gasteiger partial charge on any atom is 0.437 e. The van der Waals surface area contributed by atoms with Crippen molar-refractivity contribution in [2.24, 2.45) is 0 Å². The van der Waals surface area contributed by atoms with Crippen molar-refractivity contribution in [3.05, 3.63) is 34.3 Å².